The molecule has 0 aliphatic carbocycles. The fraction of sp³-hybridized carbons (Fsp3) is 0.923. The summed E-state index contributed by atoms with van der Waals surface area (Å²) in [5.74, 6) is 0. The Balaban J connectivity index is 3.99. The average Bonchev–Trinajstić information content (AvgIpc) is 2.15. The van der Waals surface area contributed by atoms with Gasteiger partial charge in [0.05, 0.1) is 4.99 Å². The van der Waals surface area contributed by atoms with E-state index in [0.717, 1.165) is 13.0 Å². The molecule has 0 fully saturated rings. The Kier molecular flexibility index (Phi) is 7.16. The number of rotatable bonds is 8. The smallest absolute Gasteiger partial charge is 0.0784 e. The molecule has 0 radical (unpaired) electrons. The number of hydrogen-bond acceptors (Lipinski definition) is 2. The first-order valence-electron chi connectivity index (χ1n) is 6.35. The largest absolute Gasteiger partial charge is 0.393 e. The van der Waals surface area contributed by atoms with Gasteiger partial charge >= 0.3 is 0 Å². The SMILES string of the molecule is CCCN(CCCC(C)(C)C(N)=S)C(C)C. The maximum absolute atomic E-state index is 5.72. The summed E-state index contributed by atoms with van der Waals surface area (Å²) in [5, 5.41) is 0. The van der Waals surface area contributed by atoms with Crippen LogP contribution in [0.4, 0.5) is 0 Å². The van der Waals surface area contributed by atoms with E-state index in [-0.39, 0.29) is 5.41 Å². The van der Waals surface area contributed by atoms with Crippen molar-refractivity contribution in [2.75, 3.05) is 13.1 Å². The zero-order valence-corrected chi connectivity index (χ0v) is 12.4. The van der Waals surface area contributed by atoms with Gasteiger partial charge in [0.1, 0.15) is 0 Å². The van der Waals surface area contributed by atoms with Gasteiger partial charge < -0.3 is 10.6 Å². The van der Waals surface area contributed by atoms with Gasteiger partial charge in [-0.05, 0) is 46.2 Å². The molecule has 0 aromatic carbocycles. The summed E-state index contributed by atoms with van der Waals surface area (Å²) in [5.41, 5.74) is 5.73. The van der Waals surface area contributed by atoms with Crippen LogP contribution in [-0.4, -0.2) is 29.0 Å². The molecule has 0 atom stereocenters. The average molecular weight is 244 g/mol. The zero-order chi connectivity index (χ0) is 12.8. The highest BCUT2D eigenvalue weighted by molar-refractivity contribution is 7.80. The summed E-state index contributed by atoms with van der Waals surface area (Å²) < 4.78 is 0. The minimum atomic E-state index is 0.00416. The molecule has 0 saturated heterocycles. The quantitative estimate of drug-likeness (QED) is 0.665. The van der Waals surface area contributed by atoms with Crippen molar-refractivity contribution >= 4 is 17.2 Å². The summed E-state index contributed by atoms with van der Waals surface area (Å²) in [6.45, 7) is 13.4. The molecule has 0 aliphatic rings. The van der Waals surface area contributed by atoms with Crippen molar-refractivity contribution in [3.8, 4) is 0 Å². The third kappa shape index (κ3) is 5.80. The maximum atomic E-state index is 5.72. The van der Waals surface area contributed by atoms with E-state index in [2.05, 4.69) is 39.5 Å². The van der Waals surface area contributed by atoms with E-state index < -0.39 is 0 Å². The van der Waals surface area contributed by atoms with Gasteiger partial charge in [0.15, 0.2) is 0 Å². The van der Waals surface area contributed by atoms with Gasteiger partial charge in [-0.15, -0.1) is 0 Å². The lowest BCUT2D eigenvalue weighted by atomic mass is 9.88. The van der Waals surface area contributed by atoms with Crippen LogP contribution in [0.2, 0.25) is 0 Å². The molecule has 0 saturated carbocycles. The van der Waals surface area contributed by atoms with Crippen molar-refractivity contribution in [2.24, 2.45) is 11.1 Å². The lowest BCUT2D eigenvalue weighted by Crippen LogP contribution is -2.35. The molecule has 0 aliphatic heterocycles. The molecule has 0 rings (SSSR count). The predicted molar refractivity (Wildman–Crippen MR) is 76.8 cm³/mol. The minimum Gasteiger partial charge on any atom is -0.393 e. The molecule has 3 heteroatoms. The summed E-state index contributed by atoms with van der Waals surface area (Å²) in [6, 6.07) is 0.632. The normalized spacial score (nSPS) is 12.4. The Morgan fingerprint density at radius 1 is 1.31 bits per heavy atom. The Labute approximate surface area is 107 Å². The first kappa shape index (κ1) is 15.9. The monoisotopic (exact) mass is 244 g/mol. The maximum Gasteiger partial charge on any atom is 0.0784 e. The molecule has 0 unspecified atom stereocenters. The third-order valence-corrected chi connectivity index (χ3v) is 3.71. The van der Waals surface area contributed by atoms with E-state index in [4.69, 9.17) is 18.0 Å². The molecule has 0 heterocycles. The predicted octanol–water partition coefficient (Wildman–Crippen LogP) is 3.20. The molecule has 2 nitrogen and oxygen atoms in total. The molecular weight excluding hydrogens is 216 g/mol. The van der Waals surface area contributed by atoms with Gasteiger partial charge in [-0.25, -0.2) is 0 Å². The Hall–Kier alpha value is -0.150. The second-order valence-corrected chi connectivity index (χ2v) is 5.92. The van der Waals surface area contributed by atoms with Crippen LogP contribution in [0.1, 0.15) is 53.9 Å². The molecule has 96 valence electrons. The second-order valence-electron chi connectivity index (χ2n) is 5.48. The van der Waals surface area contributed by atoms with E-state index >= 15 is 0 Å². The topological polar surface area (TPSA) is 29.3 Å². The summed E-state index contributed by atoms with van der Waals surface area (Å²) >= 11 is 5.08. The van der Waals surface area contributed by atoms with Crippen LogP contribution in [0.3, 0.4) is 0 Å². The van der Waals surface area contributed by atoms with Crippen molar-refractivity contribution in [3.63, 3.8) is 0 Å². The number of hydrogen-bond donors (Lipinski definition) is 1. The van der Waals surface area contributed by atoms with Gasteiger partial charge in [0, 0.05) is 11.5 Å². The van der Waals surface area contributed by atoms with Crippen LogP contribution < -0.4 is 5.73 Å². The van der Waals surface area contributed by atoms with E-state index in [1.54, 1.807) is 0 Å². The van der Waals surface area contributed by atoms with Crippen molar-refractivity contribution in [1.82, 2.24) is 4.90 Å². The van der Waals surface area contributed by atoms with Crippen LogP contribution >= 0.6 is 12.2 Å². The highest BCUT2D eigenvalue weighted by atomic mass is 32.1. The van der Waals surface area contributed by atoms with Gasteiger partial charge in [-0.1, -0.05) is 33.0 Å². The Morgan fingerprint density at radius 2 is 1.88 bits per heavy atom. The molecular formula is C13H28N2S. The standard InChI is InChI=1S/C13H28N2S/c1-6-9-15(11(2)3)10-7-8-13(4,5)12(14)16/h11H,6-10H2,1-5H3,(H2,14,16). The Bertz CT molecular complexity index is 212. The van der Waals surface area contributed by atoms with Gasteiger partial charge in [0.25, 0.3) is 0 Å². The Morgan fingerprint density at radius 3 is 2.25 bits per heavy atom. The van der Waals surface area contributed by atoms with Crippen LogP contribution in [0, 0.1) is 5.41 Å². The highest BCUT2D eigenvalue weighted by Gasteiger charge is 2.21. The number of nitrogens with zero attached hydrogens (tertiary/aromatic N) is 1. The fourth-order valence-corrected chi connectivity index (χ4v) is 1.86. The first-order chi connectivity index (χ1) is 7.31. The minimum absolute atomic E-state index is 0.00416. The molecule has 0 spiro atoms. The highest BCUT2D eigenvalue weighted by Crippen LogP contribution is 2.22. The summed E-state index contributed by atoms with van der Waals surface area (Å²) in [6.07, 6.45) is 3.47. The van der Waals surface area contributed by atoms with Gasteiger partial charge in [-0.2, -0.15) is 0 Å². The van der Waals surface area contributed by atoms with Gasteiger partial charge in [0.2, 0.25) is 0 Å². The lowest BCUT2D eigenvalue weighted by molar-refractivity contribution is 0.211. The van der Waals surface area contributed by atoms with Crippen molar-refractivity contribution in [2.45, 2.75) is 59.9 Å². The van der Waals surface area contributed by atoms with Crippen LogP contribution in [-0.2, 0) is 0 Å². The van der Waals surface area contributed by atoms with Crippen molar-refractivity contribution in [3.05, 3.63) is 0 Å². The molecule has 0 amide bonds. The van der Waals surface area contributed by atoms with Crippen LogP contribution in [0.15, 0.2) is 0 Å². The van der Waals surface area contributed by atoms with E-state index in [0.29, 0.717) is 11.0 Å². The second kappa shape index (κ2) is 7.23. The number of thiocarbonyl (C=S) groups is 1. The molecule has 0 bridgehead atoms. The van der Waals surface area contributed by atoms with Gasteiger partial charge in [-0.3, -0.25) is 0 Å². The third-order valence-electron chi connectivity index (χ3n) is 3.16. The molecule has 0 aromatic rings. The summed E-state index contributed by atoms with van der Waals surface area (Å²) in [4.78, 5) is 3.16. The van der Waals surface area contributed by atoms with E-state index in [1.165, 1.54) is 19.4 Å². The van der Waals surface area contributed by atoms with Crippen LogP contribution in [0.25, 0.3) is 0 Å². The summed E-state index contributed by atoms with van der Waals surface area (Å²) in [7, 11) is 0. The van der Waals surface area contributed by atoms with Crippen molar-refractivity contribution in [1.29, 1.82) is 0 Å². The fourth-order valence-electron chi connectivity index (χ4n) is 1.76. The molecule has 0 aromatic heterocycles. The lowest BCUT2D eigenvalue weighted by Gasteiger charge is -2.28. The first-order valence-corrected chi connectivity index (χ1v) is 6.76. The van der Waals surface area contributed by atoms with E-state index in [9.17, 15) is 0 Å². The van der Waals surface area contributed by atoms with E-state index in [1.807, 2.05) is 0 Å². The van der Waals surface area contributed by atoms with Crippen LogP contribution in [0.5, 0.6) is 0 Å². The van der Waals surface area contributed by atoms with Crippen molar-refractivity contribution < 1.29 is 0 Å². The molecule has 2 N–H and O–H groups in total. The molecule has 16 heavy (non-hydrogen) atoms. The zero-order valence-electron chi connectivity index (χ0n) is 11.5. The number of nitrogens with two attached hydrogens (primary N) is 1.